The molecule has 0 saturated carbocycles. The lowest BCUT2D eigenvalue weighted by molar-refractivity contribution is -0.305. The maximum absolute atomic E-state index is 12.8. The van der Waals surface area contributed by atoms with E-state index in [1.807, 2.05) is 36.4 Å². The van der Waals surface area contributed by atoms with E-state index < -0.39 is 17.9 Å². The van der Waals surface area contributed by atoms with Gasteiger partial charge in [-0.25, -0.2) is 5.01 Å². The average molecular weight is 460 g/mol. The van der Waals surface area contributed by atoms with Crippen molar-refractivity contribution in [2.24, 2.45) is 5.10 Å². The Labute approximate surface area is 177 Å². The lowest BCUT2D eigenvalue weighted by Crippen LogP contribution is -2.30. The maximum atomic E-state index is 12.8. The monoisotopic (exact) mass is 459 g/mol. The number of carbonyl (C=O) groups excluding carboxylic acids is 2. The summed E-state index contributed by atoms with van der Waals surface area (Å²) in [5.41, 5.74) is 2.36. The van der Waals surface area contributed by atoms with Crippen molar-refractivity contribution >= 4 is 33.5 Å². The molecule has 3 rings (SSSR count). The van der Waals surface area contributed by atoms with Crippen LogP contribution in [-0.4, -0.2) is 36.8 Å². The van der Waals surface area contributed by atoms with Crippen LogP contribution < -0.4 is 14.6 Å². The molecule has 152 valence electrons. The normalized spacial score (nSPS) is 15.8. The highest BCUT2D eigenvalue weighted by Gasteiger charge is 2.35. The Morgan fingerprint density at radius 1 is 1.14 bits per heavy atom. The molecule has 29 heavy (non-hydrogen) atoms. The number of carboxylic acids is 1. The molecule has 0 fully saturated rings. The highest BCUT2D eigenvalue weighted by molar-refractivity contribution is 9.10. The van der Waals surface area contributed by atoms with Crippen LogP contribution in [0.1, 0.15) is 36.4 Å². The van der Waals surface area contributed by atoms with Crippen LogP contribution >= 0.6 is 15.9 Å². The number of hydrazone groups is 1. The second kappa shape index (κ2) is 9.09. The van der Waals surface area contributed by atoms with Crippen molar-refractivity contribution in [1.82, 2.24) is 5.01 Å². The molecule has 1 aliphatic heterocycles. The van der Waals surface area contributed by atoms with Gasteiger partial charge < -0.3 is 19.4 Å². The summed E-state index contributed by atoms with van der Waals surface area (Å²) in [6.45, 7) is 0. The summed E-state index contributed by atoms with van der Waals surface area (Å²) in [6, 6.07) is 12.6. The van der Waals surface area contributed by atoms with Gasteiger partial charge in [-0.1, -0.05) is 40.2 Å². The number of ether oxygens (including phenoxy) is 2. The minimum atomic E-state index is -1.27. The van der Waals surface area contributed by atoms with E-state index in [4.69, 9.17) is 9.47 Å². The first-order valence-corrected chi connectivity index (χ1v) is 9.80. The molecule has 0 saturated heterocycles. The number of benzene rings is 2. The van der Waals surface area contributed by atoms with E-state index in [-0.39, 0.29) is 12.8 Å². The number of halogens is 1. The van der Waals surface area contributed by atoms with Crippen LogP contribution in [0, 0.1) is 0 Å². The molecule has 0 spiro atoms. The summed E-state index contributed by atoms with van der Waals surface area (Å²) >= 11 is 3.41. The molecule has 0 aliphatic carbocycles. The SMILES string of the molecule is COc1cccc([C@H]2CC(c3ccc(Br)cc3)=NN2C(=O)CCC(=O)[O-])c1OC. The van der Waals surface area contributed by atoms with Gasteiger partial charge in [0.1, 0.15) is 0 Å². The summed E-state index contributed by atoms with van der Waals surface area (Å²) in [5.74, 6) is -0.601. The fourth-order valence-corrected chi connectivity index (χ4v) is 3.56. The minimum Gasteiger partial charge on any atom is -0.550 e. The van der Waals surface area contributed by atoms with Crippen LogP contribution in [-0.2, 0) is 9.59 Å². The summed E-state index contributed by atoms with van der Waals surface area (Å²) in [5, 5.41) is 16.7. The zero-order chi connectivity index (χ0) is 21.0. The number of hydrogen-bond donors (Lipinski definition) is 0. The van der Waals surface area contributed by atoms with Crippen LogP contribution in [0.15, 0.2) is 52.0 Å². The number of methoxy groups -OCH3 is 2. The van der Waals surface area contributed by atoms with Gasteiger partial charge in [0, 0.05) is 28.8 Å². The van der Waals surface area contributed by atoms with Gasteiger partial charge in [0.15, 0.2) is 11.5 Å². The molecule has 1 heterocycles. The third-order valence-corrected chi connectivity index (χ3v) is 5.21. The summed E-state index contributed by atoms with van der Waals surface area (Å²) in [6.07, 6.45) is -0.0924. The number of aliphatic carboxylic acids is 1. The first kappa shape index (κ1) is 20.9. The number of para-hydroxylation sites is 1. The fourth-order valence-electron chi connectivity index (χ4n) is 3.30. The number of carbonyl (C=O) groups is 2. The Bertz CT molecular complexity index is 943. The standard InChI is InChI=1S/C21H21BrN2O5/c1-28-18-5-3-4-15(21(18)29-2)17-12-16(13-6-8-14(22)9-7-13)23-24(17)19(25)10-11-20(26)27/h3-9,17H,10-12H2,1-2H3,(H,26,27)/p-1/t17-/m1/s1. The molecule has 8 heteroatoms. The van der Waals surface area contributed by atoms with Gasteiger partial charge in [-0.2, -0.15) is 5.10 Å². The van der Waals surface area contributed by atoms with Crippen LogP contribution in [0.25, 0.3) is 0 Å². The molecule has 0 N–H and O–H groups in total. The summed E-state index contributed by atoms with van der Waals surface area (Å²) in [7, 11) is 3.08. The number of nitrogens with zero attached hydrogens (tertiary/aromatic N) is 2. The van der Waals surface area contributed by atoms with E-state index in [1.54, 1.807) is 13.2 Å². The van der Waals surface area contributed by atoms with Crippen molar-refractivity contribution in [3.63, 3.8) is 0 Å². The molecule has 0 aromatic heterocycles. The van der Waals surface area contributed by atoms with E-state index >= 15 is 0 Å². The first-order valence-electron chi connectivity index (χ1n) is 9.00. The van der Waals surface area contributed by atoms with Gasteiger partial charge >= 0.3 is 0 Å². The smallest absolute Gasteiger partial charge is 0.243 e. The van der Waals surface area contributed by atoms with Gasteiger partial charge in [0.05, 0.1) is 26.0 Å². The molecule has 0 unspecified atom stereocenters. The Hall–Kier alpha value is -2.87. The largest absolute Gasteiger partial charge is 0.550 e. The third kappa shape index (κ3) is 4.59. The number of amides is 1. The zero-order valence-electron chi connectivity index (χ0n) is 16.1. The molecule has 1 amide bonds. The Morgan fingerprint density at radius 3 is 2.48 bits per heavy atom. The van der Waals surface area contributed by atoms with Gasteiger partial charge in [-0.05, 0) is 30.2 Å². The van der Waals surface area contributed by atoms with Crippen LogP contribution in [0.4, 0.5) is 0 Å². The van der Waals surface area contributed by atoms with Gasteiger partial charge in [-0.15, -0.1) is 0 Å². The minimum absolute atomic E-state index is 0.192. The highest BCUT2D eigenvalue weighted by Crippen LogP contribution is 2.42. The topological polar surface area (TPSA) is 91.3 Å². The van der Waals surface area contributed by atoms with Gasteiger partial charge in [0.25, 0.3) is 0 Å². The van der Waals surface area contributed by atoms with Crippen molar-refractivity contribution in [2.45, 2.75) is 25.3 Å². The predicted octanol–water partition coefficient (Wildman–Crippen LogP) is 2.67. The molecular weight excluding hydrogens is 440 g/mol. The number of rotatable bonds is 7. The Balaban J connectivity index is 1.99. The number of carboxylic acid groups (broad SMARTS) is 1. The first-order chi connectivity index (χ1) is 13.9. The molecule has 1 aliphatic rings. The molecule has 0 radical (unpaired) electrons. The lowest BCUT2D eigenvalue weighted by atomic mass is 9.97. The number of hydrogen-bond acceptors (Lipinski definition) is 6. The summed E-state index contributed by atoms with van der Waals surface area (Å²) < 4.78 is 11.9. The lowest BCUT2D eigenvalue weighted by Gasteiger charge is -2.24. The van der Waals surface area contributed by atoms with Crippen molar-refractivity contribution in [1.29, 1.82) is 0 Å². The van der Waals surface area contributed by atoms with Crippen molar-refractivity contribution in [3.8, 4) is 11.5 Å². The molecule has 0 bridgehead atoms. The maximum Gasteiger partial charge on any atom is 0.243 e. The molecular formula is C21H20BrN2O5-. The van der Waals surface area contributed by atoms with Crippen molar-refractivity contribution < 1.29 is 24.2 Å². The third-order valence-electron chi connectivity index (χ3n) is 4.68. The molecule has 7 nitrogen and oxygen atoms in total. The fraction of sp³-hybridized carbons (Fsp3) is 0.286. The van der Waals surface area contributed by atoms with Crippen LogP contribution in [0.5, 0.6) is 11.5 Å². The van der Waals surface area contributed by atoms with Gasteiger partial charge in [0.2, 0.25) is 5.91 Å². The van der Waals surface area contributed by atoms with Crippen molar-refractivity contribution in [3.05, 3.63) is 58.1 Å². The van der Waals surface area contributed by atoms with E-state index in [1.165, 1.54) is 12.1 Å². The second-order valence-electron chi connectivity index (χ2n) is 6.47. The van der Waals surface area contributed by atoms with Crippen LogP contribution in [0.2, 0.25) is 0 Å². The zero-order valence-corrected chi connectivity index (χ0v) is 17.6. The van der Waals surface area contributed by atoms with E-state index in [2.05, 4.69) is 21.0 Å². The van der Waals surface area contributed by atoms with Gasteiger partial charge in [-0.3, -0.25) is 4.79 Å². The Kier molecular flexibility index (Phi) is 6.53. The molecule has 1 atom stereocenters. The average Bonchev–Trinajstić information content (AvgIpc) is 3.17. The van der Waals surface area contributed by atoms with E-state index in [0.717, 1.165) is 21.3 Å². The molecule has 2 aromatic rings. The van der Waals surface area contributed by atoms with E-state index in [9.17, 15) is 14.7 Å². The second-order valence-corrected chi connectivity index (χ2v) is 7.38. The Morgan fingerprint density at radius 2 is 1.86 bits per heavy atom. The summed E-state index contributed by atoms with van der Waals surface area (Å²) in [4.78, 5) is 23.6. The van der Waals surface area contributed by atoms with E-state index in [0.29, 0.717) is 17.9 Å². The molecule has 2 aromatic carbocycles. The quantitative estimate of drug-likeness (QED) is 0.634. The predicted molar refractivity (Wildman–Crippen MR) is 109 cm³/mol. The van der Waals surface area contributed by atoms with Crippen LogP contribution in [0.3, 0.4) is 0 Å². The highest BCUT2D eigenvalue weighted by atomic mass is 79.9. The van der Waals surface area contributed by atoms with Crippen molar-refractivity contribution in [2.75, 3.05) is 14.2 Å².